The van der Waals surface area contributed by atoms with Gasteiger partial charge in [-0.2, -0.15) is 0 Å². The number of methoxy groups -OCH3 is 1. The molecule has 0 aliphatic carbocycles. The molecule has 0 fully saturated rings. The number of pyridine rings is 1. The molecule has 3 aromatic rings. The Bertz CT molecular complexity index is 908. The monoisotopic (exact) mass is 381 g/mol. The summed E-state index contributed by atoms with van der Waals surface area (Å²) in [7, 11) is 1.57. The molecule has 1 amide bonds. The van der Waals surface area contributed by atoms with E-state index in [2.05, 4.69) is 15.3 Å². The molecule has 7 heteroatoms. The molecule has 3 rings (SSSR count). The Morgan fingerprint density at radius 1 is 1.15 bits per heavy atom. The number of hydrogen-bond donors (Lipinski definition) is 1. The fourth-order valence-corrected chi connectivity index (χ4v) is 3.25. The lowest BCUT2D eigenvalue weighted by atomic mass is 10.1. The number of rotatable bonds is 8. The number of nitrogens with zero attached hydrogens (tertiary/aromatic N) is 2. The van der Waals surface area contributed by atoms with Gasteiger partial charge in [-0.25, -0.2) is 4.98 Å². The molecule has 2 heterocycles. The number of carbonyl (C=O) groups excluding carboxylic acids is 2. The highest BCUT2D eigenvalue weighted by Gasteiger charge is 2.11. The molecule has 0 aliphatic heterocycles. The second kappa shape index (κ2) is 9.05. The maximum Gasteiger partial charge on any atom is 0.220 e. The minimum Gasteiger partial charge on any atom is -0.497 e. The van der Waals surface area contributed by atoms with E-state index in [1.54, 1.807) is 43.8 Å². The highest BCUT2D eigenvalue weighted by molar-refractivity contribution is 7.13. The number of Topliss-reactive ketones (excluding diaryl/α,β-unsaturated/α-hetero) is 1. The van der Waals surface area contributed by atoms with Crippen molar-refractivity contribution >= 4 is 23.0 Å². The summed E-state index contributed by atoms with van der Waals surface area (Å²) < 4.78 is 5.07. The van der Waals surface area contributed by atoms with E-state index < -0.39 is 0 Å². The number of carbonyl (C=O) groups is 2. The zero-order valence-electron chi connectivity index (χ0n) is 14.8. The van der Waals surface area contributed by atoms with Crippen LogP contribution in [0, 0.1) is 0 Å². The van der Waals surface area contributed by atoms with Gasteiger partial charge in [0.05, 0.1) is 19.3 Å². The van der Waals surface area contributed by atoms with Crippen molar-refractivity contribution in [1.29, 1.82) is 0 Å². The maximum atomic E-state index is 12.1. The number of ketones is 1. The molecule has 2 aromatic heterocycles. The number of amides is 1. The Labute approximate surface area is 161 Å². The Morgan fingerprint density at radius 3 is 2.67 bits per heavy atom. The quantitative estimate of drug-likeness (QED) is 0.604. The predicted molar refractivity (Wildman–Crippen MR) is 104 cm³/mol. The smallest absolute Gasteiger partial charge is 0.220 e. The molecule has 0 unspecified atom stereocenters. The van der Waals surface area contributed by atoms with Crippen LogP contribution in [-0.4, -0.2) is 28.8 Å². The average Bonchev–Trinajstić information content (AvgIpc) is 3.20. The molecule has 1 N–H and O–H groups in total. The third-order valence-electron chi connectivity index (χ3n) is 3.92. The van der Waals surface area contributed by atoms with Gasteiger partial charge in [0, 0.05) is 41.7 Å². The van der Waals surface area contributed by atoms with E-state index in [0.29, 0.717) is 17.9 Å². The van der Waals surface area contributed by atoms with Crippen molar-refractivity contribution in [2.24, 2.45) is 0 Å². The number of hydrogen-bond acceptors (Lipinski definition) is 6. The molecule has 6 nitrogen and oxygen atoms in total. The van der Waals surface area contributed by atoms with Gasteiger partial charge in [-0.3, -0.25) is 14.6 Å². The van der Waals surface area contributed by atoms with Gasteiger partial charge in [-0.05, 0) is 36.4 Å². The molecule has 1 aromatic carbocycles. The van der Waals surface area contributed by atoms with Gasteiger partial charge in [0.1, 0.15) is 10.8 Å². The molecule has 138 valence electrons. The van der Waals surface area contributed by atoms with Crippen LogP contribution in [0.5, 0.6) is 5.75 Å². The number of nitrogens with one attached hydrogen (secondary N) is 1. The Hall–Kier alpha value is -3.06. The summed E-state index contributed by atoms with van der Waals surface area (Å²) in [6, 6.07) is 10.7. The zero-order chi connectivity index (χ0) is 19.1. The summed E-state index contributed by atoms with van der Waals surface area (Å²) in [5, 5.41) is 5.58. The summed E-state index contributed by atoms with van der Waals surface area (Å²) in [6.45, 7) is 0.340. The van der Waals surface area contributed by atoms with E-state index in [4.69, 9.17) is 4.74 Å². The summed E-state index contributed by atoms with van der Waals surface area (Å²) in [4.78, 5) is 32.7. The number of ether oxygens (including phenoxy) is 1. The number of benzene rings is 1. The van der Waals surface area contributed by atoms with Crippen LogP contribution in [-0.2, 0) is 11.3 Å². The summed E-state index contributed by atoms with van der Waals surface area (Å²) in [5.41, 5.74) is 2.31. The van der Waals surface area contributed by atoms with Crippen molar-refractivity contribution in [3.05, 3.63) is 65.4 Å². The zero-order valence-corrected chi connectivity index (χ0v) is 15.7. The minimum absolute atomic E-state index is 0.0691. The topological polar surface area (TPSA) is 81.2 Å². The van der Waals surface area contributed by atoms with Crippen LogP contribution >= 0.6 is 11.3 Å². The Morgan fingerprint density at radius 2 is 1.96 bits per heavy atom. The Balaban J connectivity index is 1.45. The lowest BCUT2D eigenvalue weighted by molar-refractivity contribution is -0.121. The van der Waals surface area contributed by atoms with Crippen molar-refractivity contribution < 1.29 is 14.3 Å². The molecule has 0 atom stereocenters. The maximum absolute atomic E-state index is 12.1. The predicted octanol–water partition coefficient (Wildman–Crippen LogP) is 3.49. The van der Waals surface area contributed by atoms with Crippen LogP contribution in [0.25, 0.3) is 10.6 Å². The van der Waals surface area contributed by atoms with Crippen LogP contribution in [0.3, 0.4) is 0 Å². The van der Waals surface area contributed by atoms with Gasteiger partial charge in [0.15, 0.2) is 5.78 Å². The van der Waals surface area contributed by atoms with Crippen molar-refractivity contribution in [1.82, 2.24) is 15.3 Å². The molecule has 0 saturated heterocycles. The molecule has 0 spiro atoms. The SMILES string of the molecule is COc1ccc(C(=O)CCC(=O)NCc2csc(-c3cccnc3)n2)cc1. The number of aromatic nitrogens is 2. The standard InChI is InChI=1S/C20H19N3O3S/c1-26-17-6-4-14(5-7-17)18(24)8-9-19(25)22-12-16-13-27-20(23-16)15-3-2-10-21-11-15/h2-7,10-11,13H,8-9,12H2,1H3,(H,22,25). The van der Waals surface area contributed by atoms with Gasteiger partial charge >= 0.3 is 0 Å². The normalized spacial score (nSPS) is 10.4. The van der Waals surface area contributed by atoms with Crippen molar-refractivity contribution in [2.45, 2.75) is 19.4 Å². The molecular formula is C20H19N3O3S. The number of thiazole rings is 1. The Kier molecular flexibility index (Phi) is 6.27. The van der Waals surface area contributed by atoms with Crippen LogP contribution in [0.15, 0.2) is 54.2 Å². The highest BCUT2D eigenvalue weighted by atomic mass is 32.1. The van der Waals surface area contributed by atoms with Crippen molar-refractivity contribution in [3.63, 3.8) is 0 Å². The van der Waals surface area contributed by atoms with Gasteiger partial charge in [-0.1, -0.05) is 0 Å². The molecule has 0 bridgehead atoms. The van der Waals surface area contributed by atoms with Gasteiger partial charge in [-0.15, -0.1) is 11.3 Å². The van der Waals surface area contributed by atoms with E-state index in [9.17, 15) is 9.59 Å². The van der Waals surface area contributed by atoms with E-state index in [0.717, 1.165) is 16.3 Å². The van der Waals surface area contributed by atoms with E-state index in [-0.39, 0.29) is 24.5 Å². The largest absolute Gasteiger partial charge is 0.497 e. The van der Waals surface area contributed by atoms with Crippen LogP contribution in [0.2, 0.25) is 0 Å². The summed E-state index contributed by atoms with van der Waals surface area (Å²) in [5.74, 6) is 0.450. The summed E-state index contributed by atoms with van der Waals surface area (Å²) >= 11 is 1.51. The second-order valence-corrected chi connectivity index (χ2v) is 6.67. The van der Waals surface area contributed by atoms with Gasteiger partial charge in [0.25, 0.3) is 0 Å². The van der Waals surface area contributed by atoms with Crippen LogP contribution < -0.4 is 10.1 Å². The highest BCUT2D eigenvalue weighted by Crippen LogP contribution is 2.22. The first-order valence-electron chi connectivity index (χ1n) is 8.44. The second-order valence-electron chi connectivity index (χ2n) is 5.81. The fraction of sp³-hybridized carbons (Fsp3) is 0.200. The first kappa shape index (κ1) is 18.7. The lowest BCUT2D eigenvalue weighted by Gasteiger charge is -2.04. The summed E-state index contributed by atoms with van der Waals surface area (Å²) in [6.07, 6.45) is 3.78. The lowest BCUT2D eigenvalue weighted by Crippen LogP contribution is -2.23. The van der Waals surface area contributed by atoms with Crippen LogP contribution in [0.1, 0.15) is 28.9 Å². The fourth-order valence-electron chi connectivity index (χ4n) is 2.44. The average molecular weight is 381 g/mol. The third-order valence-corrected chi connectivity index (χ3v) is 4.86. The molecule has 0 radical (unpaired) electrons. The van der Waals surface area contributed by atoms with Crippen molar-refractivity contribution in [2.75, 3.05) is 7.11 Å². The van der Waals surface area contributed by atoms with E-state index in [1.165, 1.54) is 11.3 Å². The molecule has 27 heavy (non-hydrogen) atoms. The van der Waals surface area contributed by atoms with Gasteiger partial charge < -0.3 is 10.1 Å². The van der Waals surface area contributed by atoms with Crippen LogP contribution in [0.4, 0.5) is 0 Å². The minimum atomic E-state index is -0.173. The van der Waals surface area contributed by atoms with E-state index in [1.807, 2.05) is 17.5 Å². The molecular weight excluding hydrogens is 362 g/mol. The third kappa shape index (κ3) is 5.21. The first-order chi connectivity index (χ1) is 13.2. The van der Waals surface area contributed by atoms with Crippen molar-refractivity contribution in [3.8, 4) is 16.3 Å². The molecule has 0 saturated carbocycles. The molecule has 0 aliphatic rings. The van der Waals surface area contributed by atoms with Gasteiger partial charge in [0.2, 0.25) is 5.91 Å². The first-order valence-corrected chi connectivity index (χ1v) is 9.32. The van der Waals surface area contributed by atoms with E-state index >= 15 is 0 Å².